The van der Waals surface area contributed by atoms with E-state index in [1.54, 1.807) is 11.8 Å². The third kappa shape index (κ3) is 3.34. The lowest BCUT2D eigenvalue weighted by atomic mass is 10.1. The second-order valence-electron chi connectivity index (χ2n) is 4.81. The fraction of sp³-hybridized carbons (Fsp3) is 0.235. The largest absolute Gasteiger partial charge is 0.367 e. The summed E-state index contributed by atoms with van der Waals surface area (Å²) in [4.78, 5) is 3.12. The second-order valence-corrected chi connectivity index (χ2v) is 6.09. The third-order valence-corrected chi connectivity index (χ3v) is 4.64. The van der Waals surface area contributed by atoms with Gasteiger partial charge in [0, 0.05) is 17.0 Å². The Bertz CT molecular complexity index is 679. The molecule has 0 spiro atoms. The molecule has 1 atom stereocenters. The van der Waals surface area contributed by atoms with Crippen LogP contribution in [-0.4, -0.2) is 13.3 Å². The van der Waals surface area contributed by atoms with Gasteiger partial charge in [-0.2, -0.15) is 5.26 Å². The molecule has 0 aliphatic heterocycles. The number of nitriles is 1. The second kappa shape index (κ2) is 6.89. The summed E-state index contributed by atoms with van der Waals surface area (Å²) in [6.45, 7) is 2.11. The number of nitrogens with zero attached hydrogens (tertiary/aromatic N) is 2. The molecule has 2 aromatic carbocycles. The zero-order valence-corrected chi connectivity index (χ0v) is 13.9. The molecule has 2 aromatic rings. The Balaban J connectivity index is 2.40. The summed E-state index contributed by atoms with van der Waals surface area (Å²) in [5, 5.41) is 10.2. The molecule has 0 fully saturated rings. The SMILES string of the molecule is CSc1cccc(N(C)C(C)c2cccc(Cl)c2)c1C#N. The summed E-state index contributed by atoms with van der Waals surface area (Å²) in [7, 11) is 2.01. The van der Waals surface area contributed by atoms with E-state index in [1.807, 2.05) is 49.7 Å². The molecule has 0 saturated carbocycles. The van der Waals surface area contributed by atoms with Crippen LogP contribution in [0.2, 0.25) is 5.02 Å². The maximum absolute atomic E-state index is 9.46. The molecule has 0 aliphatic carbocycles. The monoisotopic (exact) mass is 316 g/mol. The first-order valence-electron chi connectivity index (χ1n) is 6.64. The van der Waals surface area contributed by atoms with Gasteiger partial charge in [0.1, 0.15) is 6.07 Å². The van der Waals surface area contributed by atoms with Crippen molar-refractivity contribution in [3.8, 4) is 6.07 Å². The van der Waals surface area contributed by atoms with Gasteiger partial charge in [-0.25, -0.2) is 0 Å². The number of halogens is 1. The van der Waals surface area contributed by atoms with Crippen molar-refractivity contribution in [1.29, 1.82) is 5.26 Å². The first kappa shape index (κ1) is 15.8. The summed E-state index contributed by atoms with van der Waals surface area (Å²) < 4.78 is 0. The minimum atomic E-state index is 0.132. The molecule has 0 aliphatic rings. The molecule has 0 saturated heterocycles. The number of hydrogen-bond acceptors (Lipinski definition) is 3. The van der Waals surface area contributed by atoms with Gasteiger partial charge in [0.25, 0.3) is 0 Å². The molecule has 4 heteroatoms. The van der Waals surface area contributed by atoms with Gasteiger partial charge in [-0.15, -0.1) is 11.8 Å². The normalized spacial score (nSPS) is 11.8. The van der Waals surface area contributed by atoms with E-state index in [0.717, 1.165) is 26.7 Å². The predicted molar refractivity (Wildman–Crippen MR) is 91.2 cm³/mol. The maximum Gasteiger partial charge on any atom is 0.103 e. The van der Waals surface area contributed by atoms with Crippen LogP contribution in [0.15, 0.2) is 47.4 Å². The van der Waals surface area contributed by atoms with Crippen molar-refractivity contribution in [3.63, 3.8) is 0 Å². The Hall–Kier alpha value is -1.63. The topological polar surface area (TPSA) is 27.0 Å². The zero-order chi connectivity index (χ0) is 15.4. The van der Waals surface area contributed by atoms with Crippen LogP contribution in [0.3, 0.4) is 0 Å². The minimum Gasteiger partial charge on any atom is -0.367 e. The van der Waals surface area contributed by atoms with E-state index in [1.165, 1.54) is 0 Å². The van der Waals surface area contributed by atoms with Crippen molar-refractivity contribution in [2.45, 2.75) is 17.9 Å². The number of hydrogen-bond donors (Lipinski definition) is 0. The zero-order valence-electron chi connectivity index (χ0n) is 12.3. The molecule has 108 valence electrons. The van der Waals surface area contributed by atoms with Crippen molar-refractivity contribution in [2.75, 3.05) is 18.2 Å². The molecule has 0 amide bonds. The van der Waals surface area contributed by atoms with Crippen LogP contribution >= 0.6 is 23.4 Å². The van der Waals surface area contributed by atoms with Gasteiger partial charge in [0.05, 0.1) is 17.3 Å². The number of rotatable bonds is 4. The molecule has 2 rings (SSSR count). The van der Waals surface area contributed by atoms with Gasteiger partial charge in [-0.3, -0.25) is 0 Å². The van der Waals surface area contributed by atoms with Gasteiger partial charge in [-0.05, 0) is 43.0 Å². The molecule has 0 heterocycles. The van der Waals surface area contributed by atoms with Crippen LogP contribution in [0, 0.1) is 11.3 Å². The number of benzene rings is 2. The van der Waals surface area contributed by atoms with E-state index in [0.29, 0.717) is 0 Å². The van der Waals surface area contributed by atoms with Crippen LogP contribution in [0.25, 0.3) is 0 Å². The molecule has 2 nitrogen and oxygen atoms in total. The first-order valence-corrected chi connectivity index (χ1v) is 8.24. The fourth-order valence-corrected chi connectivity index (χ4v) is 3.06. The van der Waals surface area contributed by atoms with Crippen LogP contribution in [0.1, 0.15) is 24.1 Å². The van der Waals surface area contributed by atoms with Crippen LogP contribution < -0.4 is 4.90 Å². The lowest BCUT2D eigenvalue weighted by molar-refractivity contribution is 0.738. The maximum atomic E-state index is 9.46. The van der Waals surface area contributed by atoms with Gasteiger partial charge < -0.3 is 4.90 Å². The van der Waals surface area contributed by atoms with Crippen molar-refractivity contribution in [3.05, 3.63) is 58.6 Å². The highest BCUT2D eigenvalue weighted by atomic mass is 35.5. The fourth-order valence-electron chi connectivity index (χ4n) is 2.29. The highest BCUT2D eigenvalue weighted by Crippen LogP contribution is 2.33. The number of thioether (sulfide) groups is 1. The van der Waals surface area contributed by atoms with Gasteiger partial charge in [0.2, 0.25) is 0 Å². The Morgan fingerprint density at radius 3 is 2.57 bits per heavy atom. The van der Waals surface area contributed by atoms with Crippen molar-refractivity contribution in [1.82, 2.24) is 0 Å². The molecule has 0 radical (unpaired) electrons. The molecule has 21 heavy (non-hydrogen) atoms. The van der Waals surface area contributed by atoms with Crippen molar-refractivity contribution in [2.24, 2.45) is 0 Å². The minimum absolute atomic E-state index is 0.132. The Kier molecular flexibility index (Phi) is 5.17. The quantitative estimate of drug-likeness (QED) is 0.731. The molecular formula is C17H17ClN2S. The molecule has 0 aromatic heterocycles. The lowest BCUT2D eigenvalue weighted by Gasteiger charge is -2.28. The van der Waals surface area contributed by atoms with E-state index < -0.39 is 0 Å². The smallest absolute Gasteiger partial charge is 0.103 e. The summed E-state index contributed by atoms with van der Waals surface area (Å²) in [6.07, 6.45) is 1.99. The number of anilines is 1. The van der Waals surface area contributed by atoms with Gasteiger partial charge in [-0.1, -0.05) is 29.8 Å². The van der Waals surface area contributed by atoms with Crippen LogP contribution in [0.5, 0.6) is 0 Å². The summed E-state index contributed by atoms with van der Waals surface area (Å²) in [5.41, 5.74) is 2.79. The van der Waals surface area contributed by atoms with Crippen LogP contribution in [-0.2, 0) is 0 Å². The molecule has 0 bridgehead atoms. The summed E-state index contributed by atoms with van der Waals surface area (Å²) in [6, 6.07) is 16.2. The average Bonchev–Trinajstić information content (AvgIpc) is 2.52. The molecule has 1 unspecified atom stereocenters. The van der Waals surface area contributed by atoms with Crippen molar-refractivity contribution >= 4 is 29.1 Å². The highest BCUT2D eigenvalue weighted by Gasteiger charge is 2.17. The van der Waals surface area contributed by atoms with Crippen LogP contribution in [0.4, 0.5) is 5.69 Å². The van der Waals surface area contributed by atoms with E-state index in [9.17, 15) is 5.26 Å². The van der Waals surface area contributed by atoms with E-state index in [2.05, 4.69) is 24.0 Å². The predicted octanol–water partition coefficient (Wildman–Crippen LogP) is 5.13. The van der Waals surface area contributed by atoms with E-state index >= 15 is 0 Å². The first-order chi connectivity index (χ1) is 10.1. The van der Waals surface area contributed by atoms with Gasteiger partial charge >= 0.3 is 0 Å². The third-order valence-electron chi connectivity index (χ3n) is 3.63. The Morgan fingerprint density at radius 2 is 1.95 bits per heavy atom. The lowest BCUT2D eigenvalue weighted by Crippen LogP contribution is -2.22. The standard InChI is InChI=1S/C17H17ClN2S/c1-12(13-6-4-7-14(18)10-13)20(2)16-8-5-9-17(21-3)15(16)11-19/h4-10,12H,1-3H3. The van der Waals surface area contributed by atoms with E-state index in [4.69, 9.17) is 11.6 Å². The summed E-state index contributed by atoms with van der Waals surface area (Å²) >= 11 is 7.66. The Morgan fingerprint density at radius 1 is 1.24 bits per heavy atom. The summed E-state index contributed by atoms with van der Waals surface area (Å²) in [5.74, 6) is 0. The van der Waals surface area contributed by atoms with Gasteiger partial charge in [0.15, 0.2) is 0 Å². The molecule has 0 N–H and O–H groups in total. The molecular weight excluding hydrogens is 300 g/mol. The van der Waals surface area contributed by atoms with Crippen molar-refractivity contribution < 1.29 is 0 Å². The highest BCUT2D eigenvalue weighted by molar-refractivity contribution is 7.98. The average molecular weight is 317 g/mol. The van der Waals surface area contributed by atoms with E-state index in [-0.39, 0.29) is 6.04 Å². The Labute approximate surface area is 135 Å².